The topological polar surface area (TPSA) is 68.3 Å². The number of Topliss-reactive ketones (excluding diaryl/α,β-unsaturated/α-hetero) is 4. The highest BCUT2D eigenvalue weighted by Crippen LogP contribution is 2.19. The van der Waals surface area contributed by atoms with E-state index in [4.69, 9.17) is 0 Å². The standard InChI is InChI=1S/2C11H20O2/c2*1-6-8(2)9(12)7-10(13)11(3,4)5/h2*8H,6-7H2,1-5H3. The van der Waals surface area contributed by atoms with E-state index in [1.54, 1.807) is 0 Å². The van der Waals surface area contributed by atoms with Crippen molar-refractivity contribution in [3.8, 4) is 0 Å². The highest BCUT2D eigenvalue weighted by molar-refractivity contribution is 6.02. The lowest BCUT2D eigenvalue weighted by atomic mass is 9.86. The molecule has 0 heterocycles. The van der Waals surface area contributed by atoms with Crippen LogP contribution in [0.5, 0.6) is 0 Å². The van der Waals surface area contributed by atoms with E-state index in [1.807, 2.05) is 69.2 Å². The third-order valence-corrected chi connectivity index (χ3v) is 4.67. The second-order valence-electron chi connectivity index (χ2n) is 9.25. The number of ketones is 4. The first kappa shape index (κ1) is 26.9. The number of carbonyl (C=O) groups excluding carboxylic acids is 4. The van der Waals surface area contributed by atoms with Gasteiger partial charge in [-0.1, -0.05) is 69.2 Å². The van der Waals surface area contributed by atoms with Crippen molar-refractivity contribution >= 4 is 23.1 Å². The lowest BCUT2D eigenvalue weighted by Gasteiger charge is -2.17. The van der Waals surface area contributed by atoms with Crippen molar-refractivity contribution in [2.75, 3.05) is 0 Å². The monoisotopic (exact) mass is 368 g/mol. The van der Waals surface area contributed by atoms with E-state index in [-0.39, 0.29) is 58.6 Å². The molecule has 0 aromatic carbocycles. The van der Waals surface area contributed by atoms with Crippen LogP contribution in [-0.4, -0.2) is 23.1 Å². The molecule has 0 radical (unpaired) electrons. The number of carbonyl (C=O) groups is 4. The van der Waals surface area contributed by atoms with Crippen LogP contribution < -0.4 is 0 Å². The van der Waals surface area contributed by atoms with Crippen LogP contribution in [0.2, 0.25) is 0 Å². The third kappa shape index (κ3) is 11.3. The molecule has 0 aliphatic heterocycles. The number of rotatable bonds is 8. The Morgan fingerprint density at radius 1 is 0.615 bits per heavy atom. The molecule has 0 aromatic rings. The average molecular weight is 369 g/mol. The summed E-state index contributed by atoms with van der Waals surface area (Å²) < 4.78 is 0. The second kappa shape index (κ2) is 11.4. The molecule has 0 aromatic heterocycles. The summed E-state index contributed by atoms with van der Waals surface area (Å²) >= 11 is 0. The first-order chi connectivity index (χ1) is 11.6. The molecule has 0 saturated carbocycles. The quantitative estimate of drug-likeness (QED) is 0.551. The number of hydrogen-bond donors (Lipinski definition) is 0. The highest BCUT2D eigenvalue weighted by Gasteiger charge is 2.25. The van der Waals surface area contributed by atoms with Crippen LogP contribution in [0.4, 0.5) is 0 Å². The molecule has 2 unspecified atom stereocenters. The SMILES string of the molecule is CCC(C)C(=O)CC(=O)C(C)(C)C.CCC(C)C(=O)CC(=O)C(C)(C)C. The zero-order chi connectivity index (χ0) is 21.3. The summed E-state index contributed by atoms with van der Waals surface area (Å²) in [6, 6.07) is 0. The van der Waals surface area contributed by atoms with Crippen molar-refractivity contribution in [3.63, 3.8) is 0 Å². The van der Waals surface area contributed by atoms with E-state index in [2.05, 4.69) is 0 Å². The van der Waals surface area contributed by atoms with Crippen LogP contribution in [0, 0.1) is 22.7 Å². The summed E-state index contributed by atoms with van der Waals surface area (Å²) in [6.07, 6.45) is 1.82. The lowest BCUT2D eigenvalue weighted by Crippen LogP contribution is -2.25. The number of hydrogen-bond acceptors (Lipinski definition) is 4. The summed E-state index contributed by atoms with van der Waals surface area (Å²) in [4.78, 5) is 45.8. The van der Waals surface area contributed by atoms with Crippen molar-refractivity contribution in [2.24, 2.45) is 22.7 Å². The first-order valence-corrected chi connectivity index (χ1v) is 9.69. The fourth-order valence-corrected chi connectivity index (χ4v) is 1.65. The Morgan fingerprint density at radius 2 is 0.846 bits per heavy atom. The minimum absolute atomic E-state index is 0.0197. The molecule has 152 valence electrons. The second-order valence-corrected chi connectivity index (χ2v) is 9.25. The van der Waals surface area contributed by atoms with Gasteiger partial charge in [-0.3, -0.25) is 19.2 Å². The highest BCUT2D eigenvalue weighted by atomic mass is 16.2. The summed E-state index contributed by atoms with van der Waals surface area (Å²) in [5, 5.41) is 0. The summed E-state index contributed by atoms with van der Waals surface area (Å²) in [5.41, 5.74) is -0.772. The van der Waals surface area contributed by atoms with E-state index < -0.39 is 0 Å². The molecule has 4 nitrogen and oxygen atoms in total. The minimum atomic E-state index is -0.386. The van der Waals surface area contributed by atoms with Gasteiger partial charge in [-0.05, 0) is 12.8 Å². The first-order valence-electron chi connectivity index (χ1n) is 9.69. The normalized spacial score (nSPS) is 13.9. The van der Waals surface area contributed by atoms with E-state index in [1.165, 1.54) is 0 Å². The summed E-state index contributed by atoms with van der Waals surface area (Å²) in [7, 11) is 0. The molecule has 4 heteroatoms. The van der Waals surface area contributed by atoms with Gasteiger partial charge in [-0.2, -0.15) is 0 Å². The van der Waals surface area contributed by atoms with Gasteiger partial charge in [0.15, 0.2) is 0 Å². The predicted molar refractivity (Wildman–Crippen MR) is 107 cm³/mol. The van der Waals surface area contributed by atoms with Gasteiger partial charge in [0.2, 0.25) is 0 Å². The van der Waals surface area contributed by atoms with Crippen LogP contribution in [0.15, 0.2) is 0 Å². The van der Waals surface area contributed by atoms with Crippen molar-refractivity contribution in [1.82, 2.24) is 0 Å². The van der Waals surface area contributed by atoms with Crippen molar-refractivity contribution in [3.05, 3.63) is 0 Å². The van der Waals surface area contributed by atoms with E-state index in [0.29, 0.717) is 0 Å². The summed E-state index contributed by atoms with van der Waals surface area (Å²) in [5.74, 6) is 0.262. The van der Waals surface area contributed by atoms with Crippen LogP contribution in [0.1, 0.15) is 94.9 Å². The Morgan fingerprint density at radius 3 is 1.00 bits per heavy atom. The van der Waals surface area contributed by atoms with E-state index in [0.717, 1.165) is 12.8 Å². The lowest BCUT2D eigenvalue weighted by molar-refractivity contribution is -0.134. The van der Waals surface area contributed by atoms with Crippen molar-refractivity contribution < 1.29 is 19.2 Å². The van der Waals surface area contributed by atoms with Gasteiger partial charge in [-0.15, -0.1) is 0 Å². The van der Waals surface area contributed by atoms with Crippen LogP contribution in [-0.2, 0) is 19.2 Å². The fraction of sp³-hybridized carbons (Fsp3) is 0.818. The van der Waals surface area contributed by atoms with Gasteiger partial charge in [0.05, 0.1) is 12.8 Å². The molecule has 0 spiro atoms. The molecule has 0 aliphatic carbocycles. The van der Waals surface area contributed by atoms with Gasteiger partial charge < -0.3 is 0 Å². The molecule has 0 saturated heterocycles. The van der Waals surface area contributed by atoms with Gasteiger partial charge in [0.1, 0.15) is 23.1 Å². The molecule has 0 rings (SSSR count). The Balaban J connectivity index is 0. The van der Waals surface area contributed by atoms with E-state index in [9.17, 15) is 19.2 Å². The van der Waals surface area contributed by atoms with Gasteiger partial charge in [-0.25, -0.2) is 0 Å². The molecule has 0 bridgehead atoms. The largest absolute Gasteiger partial charge is 0.299 e. The molecule has 2 atom stereocenters. The molecular formula is C22H40O4. The maximum Gasteiger partial charge on any atom is 0.145 e. The Hall–Kier alpha value is -1.32. The third-order valence-electron chi connectivity index (χ3n) is 4.67. The molecule has 0 amide bonds. The zero-order valence-corrected chi connectivity index (χ0v) is 18.6. The van der Waals surface area contributed by atoms with Crippen molar-refractivity contribution in [2.45, 2.75) is 94.9 Å². The minimum Gasteiger partial charge on any atom is -0.299 e. The van der Waals surface area contributed by atoms with Crippen LogP contribution in [0.25, 0.3) is 0 Å². The molecule has 0 N–H and O–H groups in total. The maximum atomic E-state index is 11.5. The smallest absolute Gasteiger partial charge is 0.145 e. The fourth-order valence-electron chi connectivity index (χ4n) is 1.65. The molecule has 26 heavy (non-hydrogen) atoms. The maximum absolute atomic E-state index is 11.5. The van der Waals surface area contributed by atoms with E-state index >= 15 is 0 Å². The molecule has 0 fully saturated rings. The van der Waals surface area contributed by atoms with Gasteiger partial charge in [0.25, 0.3) is 0 Å². The Labute approximate surface area is 160 Å². The van der Waals surface area contributed by atoms with Gasteiger partial charge in [0, 0.05) is 22.7 Å². The zero-order valence-electron chi connectivity index (χ0n) is 18.6. The van der Waals surface area contributed by atoms with Crippen molar-refractivity contribution in [1.29, 1.82) is 0 Å². The average Bonchev–Trinajstić information content (AvgIpc) is 2.51. The van der Waals surface area contributed by atoms with Crippen LogP contribution in [0.3, 0.4) is 0 Å². The molecule has 0 aliphatic rings. The summed E-state index contributed by atoms with van der Waals surface area (Å²) in [6.45, 7) is 18.8. The Kier molecular flexibility index (Phi) is 11.8. The Bertz CT molecular complexity index is 443. The van der Waals surface area contributed by atoms with Crippen LogP contribution >= 0.6 is 0 Å². The predicted octanol–water partition coefficient (Wildman–Crippen LogP) is 5.21. The molecular weight excluding hydrogens is 328 g/mol. The van der Waals surface area contributed by atoms with Gasteiger partial charge >= 0.3 is 0 Å².